The van der Waals surface area contributed by atoms with E-state index >= 15 is 0 Å². The van der Waals surface area contributed by atoms with Crippen LogP contribution in [0.1, 0.15) is 0 Å². The van der Waals surface area contributed by atoms with Gasteiger partial charge in [0.1, 0.15) is 11.6 Å². The van der Waals surface area contributed by atoms with E-state index in [9.17, 15) is 0 Å². The molecule has 1 aromatic carbocycles. The number of fused-ring (bicyclic) bond motifs is 3. The number of nitrogens with zero attached hydrogens (tertiary/aromatic N) is 5. The van der Waals surface area contributed by atoms with Crippen LogP contribution in [-0.4, -0.2) is 24.5 Å². The van der Waals surface area contributed by atoms with Gasteiger partial charge in [-0.3, -0.25) is 14.5 Å². The maximum absolute atomic E-state index is 5.88. The number of rotatable bonds is 4. The lowest BCUT2D eigenvalue weighted by atomic mass is 10.1. The second kappa shape index (κ2) is 7.59. The zero-order valence-electron chi connectivity index (χ0n) is 17.0. The smallest absolute Gasteiger partial charge is 0.219 e. The minimum Gasteiger partial charge on any atom is -0.439 e. The van der Waals surface area contributed by atoms with Gasteiger partial charge in [-0.2, -0.15) is 0 Å². The first-order valence-corrected chi connectivity index (χ1v) is 10.2. The zero-order valence-corrected chi connectivity index (χ0v) is 17.0. The minimum absolute atomic E-state index is 0.536. The van der Waals surface area contributed by atoms with Crippen LogP contribution in [0.25, 0.3) is 39.0 Å². The molecule has 0 saturated heterocycles. The molecule has 0 fully saturated rings. The Morgan fingerprint density at radius 1 is 0.656 bits per heavy atom. The average Bonchev–Trinajstić information content (AvgIpc) is 3.19. The monoisotopic (exact) mass is 415 g/mol. The average molecular weight is 415 g/mol. The summed E-state index contributed by atoms with van der Waals surface area (Å²) in [6.45, 7) is 0. The molecule has 0 saturated carbocycles. The maximum atomic E-state index is 5.88. The summed E-state index contributed by atoms with van der Waals surface area (Å²) < 4.78 is 8.02. The minimum atomic E-state index is 0.536. The van der Waals surface area contributed by atoms with Crippen LogP contribution >= 0.6 is 0 Å². The lowest BCUT2D eigenvalue weighted by Gasteiger charge is -2.08. The SMILES string of the molecule is c1ccc(Oc2ccnc(-c3cnc4c5ccccc5n(-c5ccccn5)c4c3)c2)nc1. The summed E-state index contributed by atoms with van der Waals surface area (Å²) in [6, 6.07) is 25.5. The molecule has 6 rings (SSSR count). The molecule has 5 aromatic heterocycles. The van der Waals surface area contributed by atoms with E-state index < -0.39 is 0 Å². The van der Waals surface area contributed by atoms with Crippen LogP contribution in [0.3, 0.4) is 0 Å². The van der Waals surface area contributed by atoms with Crippen LogP contribution in [0.5, 0.6) is 11.6 Å². The lowest BCUT2D eigenvalue weighted by molar-refractivity contribution is 0.462. The fraction of sp³-hybridized carbons (Fsp3) is 0. The molecule has 0 spiro atoms. The van der Waals surface area contributed by atoms with Crippen LogP contribution < -0.4 is 4.74 Å². The Labute approximate surface area is 183 Å². The summed E-state index contributed by atoms with van der Waals surface area (Å²) in [5, 5.41) is 1.08. The lowest BCUT2D eigenvalue weighted by Crippen LogP contribution is -1.97. The van der Waals surface area contributed by atoms with Gasteiger partial charge in [-0.05, 0) is 36.4 Å². The summed E-state index contributed by atoms with van der Waals surface area (Å²) in [7, 11) is 0. The van der Waals surface area contributed by atoms with Crippen molar-refractivity contribution in [1.29, 1.82) is 0 Å². The Balaban J connectivity index is 1.50. The van der Waals surface area contributed by atoms with Crippen molar-refractivity contribution in [2.24, 2.45) is 0 Å². The fourth-order valence-electron chi connectivity index (χ4n) is 3.86. The summed E-state index contributed by atoms with van der Waals surface area (Å²) in [6.07, 6.45) is 7.08. The maximum Gasteiger partial charge on any atom is 0.219 e. The van der Waals surface area contributed by atoms with Crippen molar-refractivity contribution < 1.29 is 4.74 Å². The van der Waals surface area contributed by atoms with E-state index in [1.54, 1.807) is 18.6 Å². The third-order valence-electron chi connectivity index (χ3n) is 5.27. The summed E-state index contributed by atoms with van der Waals surface area (Å²) >= 11 is 0. The highest BCUT2D eigenvalue weighted by atomic mass is 16.5. The molecule has 6 heteroatoms. The molecule has 0 aliphatic carbocycles. The Hall–Kier alpha value is -4.58. The van der Waals surface area contributed by atoms with E-state index in [0.29, 0.717) is 11.6 Å². The first-order valence-electron chi connectivity index (χ1n) is 10.2. The van der Waals surface area contributed by atoms with Crippen molar-refractivity contribution in [2.75, 3.05) is 0 Å². The van der Waals surface area contributed by atoms with Gasteiger partial charge in [0.15, 0.2) is 0 Å². The molecule has 5 heterocycles. The molecule has 32 heavy (non-hydrogen) atoms. The van der Waals surface area contributed by atoms with Crippen molar-refractivity contribution in [3.8, 4) is 28.7 Å². The number of benzene rings is 1. The fourth-order valence-corrected chi connectivity index (χ4v) is 3.86. The molecule has 0 radical (unpaired) electrons. The van der Waals surface area contributed by atoms with E-state index in [0.717, 1.165) is 39.0 Å². The van der Waals surface area contributed by atoms with Crippen LogP contribution in [0.4, 0.5) is 0 Å². The van der Waals surface area contributed by atoms with Crippen LogP contribution in [0, 0.1) is 0 Å². The summed E-state index contributed by atoms with van der Waals surface area (Å²) in [5.74, 6) is 2.05. The quantitative estimate of drug-likeness (QED) is 0.363. The normalized spacial score (nSPS) is 11.1. The molecule has 0 bridgehead atoms. The van der Waals surface area contributed by atoms with Crippen molar-refractivity contribution in [2.45, 2.75) is 0 Å². The highest BCUT2D eigenvalue weighted by molar-refractivity contribution is 6.07. The molecule has 0 N–H and O–H groups in total. The Kier molecular flexibility index (Phi) is 4.32. The Morgan fingerprint density at radius 3 is 2.34 bits per heavy atom. The van der Waals surface area contributed by atoms with Crippen LogP contribution in [0.2, 0.25) is 0 Å². The van der Waals surface area contributed by atoms with Crippen molar-refractivity contribution >= 4 is 21.9 Å². The number of hydrogen-bond donors (Lipinski definition) is 0. The van der Waals surface area contributed by atoms with Crippen molar-refractivity contribution in [1.82, 2.24) is 24.5 Å². The van der Waals surface area contributed by atoms with Crippen molar-refractivity contribution in [3.05, 3.63) is 104 Å². The molecule has 0 aliphatic rings. The predicted molar refractivity (Wildman–Crippen MR) is 124 cm³/mol. The van der Waals surface area contributed by atoms with Gasteiger partial charge in [-0.1, -0.05) is 30.3 Å². The second-order valence-electron chi connectivity index (χ2n) is 7.28. The molecular weight excluding hydrogens is 398 g/mol. The third kappa shape index (κ3) is 3.15. The van der Waals surface area contributed by atoms with Gasteiger partial charge in [-0.25, -0.2) is 9.97 Å². The first-order chi connectivity index (χ1) is 15.9. The summed E-state index contributed by atoms with van der Waals surface area (Å²) in [4.78, 5) is 18.2. The van der Waals surface area contributed by atoms with Gasteiger partial charge in [-0.15, -0.1) is 0 Å². The van der Waals surface area contributed by atoms with E-state index in [1.165, 1.54) is 0 Å². The number of pyridine rings is 4. The second-order valence-corrected chi connectivity index (χ2v) is 7.28. The van der Waals surface area contributed by atoms with E-state index in [-0.39, 0.29) is 0 Å². The summed E-state index contributed by atoms with van der Waals surface area (Å²) in [5.41, 5.74) is 4.62. The molecule has 0 amide bonds. The molecular formula is C26H17N5O. The van der Waals surface area contributed by atoms with Gasteiger partial charge in [0.25, 0.3) is 0 Å². The Morgan fingerprint density at radius 2 is 1.50 bits per heavy atom. The molecule has 6 aromatic rings. The van der Waals surface area contributed by atoms with Gasteiger partial charge in [0.2, 0.25) is 5.88 Å². The largest absolute Gasteiger partial charge is 0.439 e. The van der Waals surface area contributed by atoms with Crippen molar-refractivity contribution in [3.63, 3.8) is 0 Å². The van der Waals surface area contributed by atoms with E-state index in [2.05, 4.69) is 37.7 Å². The number of hydrogen-bond acceptors (Lipinski definition) is 5. The zero-order chi connectivity index (χ0) is 21.3. The topological polar surface area (TPSA) is 65.7 Å². The van der Waals surface area contributed by atoms with Gasteiger partial charge >= 0.3 is 0 Å². The standard InChI is InChI=1S/C26H17N5O/c1-2-8-22-20(7-1)26-23(31(22)24-9-3-5-12-28-24)15-18(17-30-26)21-16-19(11-14-27-21)32-25-10-4-6-13-29-25/h1-17H. The van der Waals surface area contributed by atoms with Crippen LogP contribution in [-0.2, 0) is 0 Å². The van der Waals surface area contributed by atoms with Crippen LogP contribution in [0.15, 0.2) is 104 Å². The highest BCUT2D eigenvalue weighted by Gasteiger charge is 2.15. The highest BCUT2D eigenvalue weighted by Crippen LogP contribution is 2.33. The van der Waals surface area contributed by atoms with E-state index in [4.69, 9.17) is 9.72 Å². The van der Waals surface area contributed by atoms with Gasteiger partial charge in [0, 0.05) is 47.9 Å². The molecule has 0 unspecified atom stereocenters. The number of ether oxygens (including phenoxy) is 1. The van der Waals surface area contributed by atoms with E-state index in [1.807, 2.05) is 66.9 Å². The number of aromatic nitrogens is 5. The number of para-hydroxylation sites is 1. The predicted octanol–water partition coefficient (Wildman–Crippen LogP) is 5.82. The van der Waals surface area contributed by atoms with Gasteiger partial charge in [0.05, 0.1) is 22.2 Å². The molecule has 6 nitrogen and oxygen atoms in total. The molecule has 152 valence electrons. The molecule has 0 atom stereocenters. The van der Waals surface area contributed by atoms with Gasteiger partial charge < -0.3 is 4.74 Å². The molecule has 0 aliphatic heterocycles. The third-order valence-corrected chi connectivity index (χ3v) is 5.27. The first kappa shape index (κ1) is 18.2. The Bertz CT molecular complexity index is 1550.